The number of hydrogen-bond acceptors (Lipinski definition) is 0. The van der Waals surface area contributed by atoms with E-state index in [0.29, 0.717) is 0 Å². The zero-order valence-corrected chi connectivity index (χ0v) is 20.3. The molecule has 0 saturated heterocycles. The lowest BCUT2D eigenvalue weighted by atomic mass is 9.80. The summed E-state index contributed by atoms with van der Waals surface area (Å²) in [7, 11) is 2.19. The minimum atomic E-state index is 0.0830. The maximum Gasteiger partial charge on any atom is 0.220 e. The smallest absolute Gasteiger partial charge is 0.200 e. The average molecular weight is 423 g/mol. The van der Waals surface area contributed by atoms with Crippen molar-refractivity contribution >= 4 is 21.5 Å². The lowest BCUT2D eigenvalue weighted by Crippen LogP contribution is -2.31. The topological polar surface area (TPSA) is 3.88 Å². The Morgan fingerprint density at radius 2 is 1.59 bits per heavy atom. The molecule has 3 aromatic carbocycles. The van der Waals surface area contributed by atoms with Crippen molar-refractivity contribution < 1.29 is 4.57 Å². The monoisotopic (exact) mass is 422 g/mol. The van der Waals surface area contributed by atoms with Gasteiger partial charge in [-0.3, -0.25) is 0 Å². The van der Waals surface area contributed by atoms with E-state index in [1.165, 1.54) is 81.6 Å². The molecule has 0 bridgehead atoms. The second kappa shape index (κ2) is 8.03. The van der Waals surface area contributed by atoms with Gasteiger partial charge >= 0.3 is 0 Å². The van der Waals surface area contributed by atoms with Gasteiger partial charge in [-0.25, -0.2) is 4.57 Å². The zero-order chi connectivity index (χ0) is 22.5. The number of aryl methyl sites for hydroxylation is 2. The summed E-state index contributed by atoms with van der Waals surface area (Å²) in [5, 5.41) is 5.45. The Kier molecular flexibility index (Phi) is 5.32. The van der Waals surface area contributed by atoms with Crippen LogP contribution in [0.2, 0.25) is 0 Å². The molecule has 1 aliphatic rings. The minimum absolute atomic E-state index is 0.0830. The summed E-state index contributed by atoms with van der Waals surface area (Å²) in [4.78, 5) is 0. The maximum absolute atomic E-state index is 2.46. The van der Waals surface area contributed by atoms with E-state index in [1.54, 1.807) is 0 Å². The zero-order valence-electron chi connectivity index (χ0n) is 20.3. The molecule has 0 N–H and O–H groups in total. The van der Waals surface area contributed by atoms with Crippen molar-refractivity contribution in [3.63, 3.8) is 0 Å². The molecule has 0 aliphatic heterocycles. The Labute approximate surface area is 193 Å². The molecule has 1 nitrogen and oxygen atoms in total. The van der Waals surface area contributed by atoms with Crippen molar-refractivity contribution in [1.29, 1.82) is 0 Å². The first-order valence-electron chi connectivity index (χ1n) is 12.3. The molecule has 0 amide bonds. The number of nitrogens with zero attached hydrogens (tertiary/aromatic N) is 1. The molecule has 1 aliphatic carbocycles. The fourth-order valence-corrected chi connectivity index (χ4v) is 5.82. The molecule has 1 heterocycles. The van der Waals surface area contributed by atoms with Crippen LogP contribution < -0.4 is 4.57 Å². The van der Waals surface area contributed by atoms with Crippen LogP contribution in [-0.2, 0) is 18.9 Å². The van der Waals surface area contributed by atoms with E-state index >= 15 is 0 Å². The molecule has 0 radical (unpaired) electrons. The number of fused-ring (bicyclic) bond motifs is 2. The predicted octanol–water partition coefficient (Wildman–Crippen LogP) is 7.82. The van der Waals surface area contributed by atoms with E-state index in [4.69, 9.17) is 0 Å². The third kappa shape index (κ3) is 3.72. The second-order valence-corrected chi connectivity index (χ2v) is 10.9. The molecular formula is C31H36N+. The van der Waals surface area contributed by atoms with Gasteiger partial charge in [0.15, 0.2) is 6.20 Å². The summed E-state index contributed by atoms with van der Waals surface area (Å²) in [5.74, 6) is 0.879. The number of benzene rings is 3. The average Bonchev–Trinajstić information content (AvgIpc) is 3.27. The van der Waals surface area contributed by atoms with Crippen LogP contribution in [0.25, 0.3) is 32.8 Å². The Morgan fingerprint density at radius 3 is 2.31 bits per heavy atom. The van der Waals surface area contributed by atoms with Crippen LogP contribution in [0, 0.1) is 12.8 Å². The molecule has 1 heteroatoms. The van der Waals surface area contributed by atoms with E-state index in [-0.39, 0.29) is 5.41 Å². The summed E-state index contributed by atoms with van der Waals surface area (Å²) in [5.41, 5.74) is 7.04. The Bertz CT molecular complexity index is 1300. The standard InChI is InChI=1S/C31H36N/c1-21-25-12-8-9-13-27(25)29(31(2,3)4)20-28(21)30-26-15-14-23(18-22-10-6-7-11-22)19-24(26)16-17-32(30)5/h8-9,12-17,19-20,22H,6-7,10-11,18H2,1-5H3/q+1. The molecular weight excluding hydrogens is 386 g/mol. The van der Waals surface area contributed by atoms with E-state index in [1.807, 2.05) is 0 Å². The number of rotatable bonds is 3. The normalized spacial score (nSPS) is 15.2. The Morgan fingerprint density at radius 1 is 0.875 bits per heavy atom. The number of aromatic nitrogens is 1. The van der Waals surface area contributed by atoms with Crippen LogP contribution in [0.5, 0.6) is 0 Å². The molecule has 1 aromatic heterocycles. The van der Waals surface area contributed by atoms with E-state index < -0.39 is 0 Å². The first-order valence-corrected chi connectivity index (χ1v) is 12.3. The quantitative estimate of drug-likeness (QED) is 0.296. The summed E-state index contributed by atoms with van der Waals surface area (Å²) >= 11 is 0. The fraction of sp³-hybridized carbons (Fsp3) is 0.387. The summed E-state index contributed by atoms with van der Waals surface area (Å²) in [6.07, 6.45) is 9.10. The van der Waals surface area contributed by atoms with Gasteiger partial charge in [0.25, 0.3) is 0 Å². The van der Waals surface area contributed by atoms with Gasteiger partial charge in [-0.1, -0.05) is 82.9 Å². The first-order chi connectivity index (χ1) is 15.3. The van der Waals surface area contributed by atoms with Gasteiger partial charge in [0.05, 0.1) is 10.9 Å². The van der Waals surface area contributed by atoms with Gasteiger partial charge in [0.1, 0.15) is 7.05 Å². The number of hydrogen-bond donors (Lipinski definition) is 0. The van der Waals surface area contributed by atoms with Crippen LogP contribution >= 0.6 is 0 Å². The highest BCUT2D eigenvalue weighted by Crippen LogP contribution is 2.39. The molecule has 0 atom stereocenters. The molecule has 32 heavy (non-hydrogen) atoms. The molecule has 4 aromatic rings. The lowest BCUT2D eigenvalue weighted by Gasteiger charge is -2.24. The second-order valence-electron chi connectivity index (χ2n) is 10.9. The van der Waals surface area contributed by atoms with Crippen LogP contribution in [-0.4, -0.2) is 0 Å². The molecule has 164 valence electrons. The highest BCUT2D eigenvalue weighted by atomic mass is 14.9. The van der Waals surface area contributed by atoms with Crippen molar-refractivity contribution in [3.8, 4) is 11.3 Å². The summed E-state index contributed by atoms with van der Waals surface area (Å²) in [6, 6.07) is 20.9. The molecule has 1 saturated carbocycles. The van der Waals surface area contributed by atoms with E-state index in [2.05, 4.69) is 100 Å². The third-order valence-corrected chi connectivity index (χ3v) is 7.58. The highest BCUT2D eigenvalue weighted by Gasteiger charge is 2.24. The van der Waals surface area contributed by atoms with Crippen molar-refractivity contribution in [3.05, 3.63) is 77.5 Å². The predicted molar refractivity (Wildman–Crippen MR) is 137 cm³/mol. The van der Waals surface area contributed by atoms with Gasteiger partial charge in [0, 0.05) is 6.07 Å². The third-order valence-electron chi connectivity index (χ3n) is 7.58. The summed E-state index contributed by atoms with van der Waals surface area (Å²) in [6.45, 7) is 9.27. The van der Waals surface area contributed by atoms with Gasteiger partial charge in [-0.2, -0.15) is 0 Å². The molecule has 1 fully saturated rings. The van der Waals surface area contributed by atoms with Crippen molar-refractivity contribution in [2.75, 3.05) is 0 Å². The Balaban J connectivity index is 1.72. The van der Waals surface area contributed by atoms with Crippen molar-refractivity contribution in [2.45, 2.75) is 65.2 Å². The van der Waals surface area contributed by atoms with E-state index in [0.717, 1.165) is 5.92 Å². The van der Waals surface area contributed by atoms with Crippen LogP contribution in [0.3, 0.4) is 0 Å². The van der Waals surface area contributed by atoms with E-state index in [9.17, 15) is 0 Å². The van der Waals surface area contributed by atoms with Gasteiger partial charge in [-0.15, -0.1) is 0 Å². The molecule has 0 unspecified atom stereocenters. The molecule has 0 spiro atoms. The van der Waals surface area contributed by atoms with Crippen LogP contribution in [0.15, 0.2) is 60.8 Å². The van der Waals surface area contributed by atoms with Gasteiger partial charge in [0.2, 0.25) is 5.69 Å². The molecule has 5 rings (SSSR count). The fourth-order valence-electron chi connectivity index (χ4n) is 5.82. The van der Waals surface area contributed by atoms with Crippen LogP contribution in [0.4, 0.5) is 0 Å². The van der Waals surface area contributed by atoms with Gasteiger partial charge in [-0.05, 0) is 69.7 Å². The van der Waals surface area contributed by atoms with Crippen LogP contribution in [0.1, 0.15) is 63.1 Å². The van der Waals surface area contributed by atoms with Gasteiger partial charge < -0.3 is 0 Å². The Hall–Kier alpha value is -2.67. The SMILES string of the molecule is Cc1c(-c2c3ccc(CC4CCCC4)cc3cc[n+]2C)cc(C(C)(C)C)c2ccccc12. The first kappa shape index (κ1) is 21.2. The lowest BCUT2D eigenvalue weighted by molar-refractivity contribution is -0.659. The maximum atomic E-state index is 2.46. The summed E-state index contributed by atoms with van der Waals surface area (Å²) < 4.78 is 2.31. The minimum Gasteiger partial charge on any atom is -0.200 e. The largest absolute Gasteiger partial charge is 0.220 e. The van der Waals surface area contributed by atoms with Crippen molar-refractivity contribution in [2.24, 2.45) is 13.0 Å². The number of pyridine rings is 1. The van der Waals surface area contributed by atoms with Crippen molar-refractivity contribution in [1.82, 2.24) is 0 Å². The highest BCUT2D eigenvalue weighted by molar-refractivity contribution is 5.99.